The Balaban J connectivity index is 1.84. The number of aromatic nitrogens is 1. The van der Waals surface area contributed by atoms with E-state index in [2.05, 4.69) is 4.98 Å². The summed E-state index contributed by atoms with van der Waals surface area (Å²) in [6.07, 6.45) is 3.18. The number of nitrogens with one attached hydrogen (secondary N) is 1. The first-order valence-electron chi connectivity index (χ1n) is 8.89. The van der Waals surface area contributed by atoms with Crippen LogP contribution in [0.25, 0.3) is 22.0 Å². The zero-order chi connectivity index (χ0) is 20.1. The molecule has 0 aliphatic carbocycles. The monoisotopic (exact) mass is 422 g/mol. The van der Waals surface area contributed by atoms with Gasteiger partial charge in [0, 0.05) is 23.1 Å². The van der Waals surface area contributed by atoms with Crippen LogP contribution in [0.5, 0.6) is 0 Å². The van der Waals surface area contributed by atoms with E-state index in [1.807, 2.05) is 12.3 Å². The molecule has 28 heavy (non-hydrogen) atoms. The average Bonchev–Trinajstić information content (AvgIpc) is 3.07. The van der Waals surface area contributed by atoms with Gasteiger partial charge >= 0.3 is 0 Å². The summed E-state index contributed by atoms with van der Waals surface area (Å²) < 4.78 is 33.3. The minimum absolute atomic E-state index is 0.00463. The molecular formula is C20H20ClFN2O3S. The topological polar surface area (TPSA) is 99.3 Å². The molecule has 1 aromatic heterocycles. The molecule has 5 N–H and O–H groups in total. The maximum Gasteiger partial charge on any atom is 0.250 e. The first-order valence-corrected chi connectivity index (χ1v) is 11.2. The lowest BCUT2D eigenvalue weighted by Crippen LogP contribution is -2.19. The fraction of sp³-hybridized carbons (Fsp3) is 0.250. The van der Waals surface area contributed by atoms with Gasteiger partial charge in [0.1, 0.15) is 5.82 Å². The molecule has 0 radical (unpaired) electrons. The van der Waals surface area contributed by atoms with Crippen LogP contribution in [0.1, 0.15) is 34.7 Å². The standard InChI is InChI=1S/C20H20ClFN2O3S/c21-17-9-12(1-2-18(17)22)13-7-14-16(11-3-5-28(26,27)6-4-11)10-24-19(14)15(8-13)20(23)25/h1-2,7-11,24,26-27H,3-6H2,(H2,23,25). The first-order chi connectivity index (χ1) is 13.2. The molecule has 148 valence electrons. The number of H-pyrrole nitrogens is 1. The van der Waals surface area contributed by atoms with E-state index in [1.54, 1.807) is 12.1 Å². The smallest absolute Gasteiger partial charge is 0.250 e. The van der Waals surface area contributed by atoms with Gasteiger partial charge in [0.25, 0.3) is 5.91 Å². The van der Waals surface area contributed by atoms with E-state index in [4.69, 9.17) is 17.3 Å². The predicted octanol–water partition coefficient (Wildman–Crippen LogP) is 5.35. The van der Waals surface area contributed by atoms with Crippen molar-refractivity contribution in [2.75, 3.05) is 11.5 Å². The van der Waals surface area contributed by atoms with Crippen molar-refractivity contribution in [3.63, 3.8) is 0 Å². The largest absolute Gasteiger partial charge is 0.366 e. The molecule has 1 saturated heterocycles. The molecule has 4 rings (SSSR count). The number of primary amides is 1. The summed E-state index contributed by atoms with van der Waals surface area (Å²) in [4.78, 5) is 15.2. The number of carbonyl (C=O) groups is 1. The Hall–Kier alpha value is -2.06. The Labute approximate surface area is 168 Å². The fourth-order valence-corrected chi connectivity index (χ4v) is 5.56. The zero-order valence-electron chi connectivity index (χ0n) is 14.9. The van der Waals surface area contributed by atoms with Gasteiger partial charge in [0.05, 0.1) is 16.1 Å². The molecule has 0 unspecified atom stereocenters. The lowest BCUT2D eigenvalue weighted by Gasteiger charge is -2.39. The fourth-order valence-electron chi connectivity index (χ4n) is 3.85. The van der Waals surface area contributed by atoms with Crippen LogP contribution < -0.4 is 5.73 Å². The highest BCUT2D eigenvalue weighted by atomic mass is 35.5. The van der Waals surface area contributed by atoms with Crippen LogP contribution in [0.3, 0.4) is 0 Å². The summed E-state index contributed by atoms with van der Waals surface area (Å²) in [6, 6.07) is 8.02. The number of aromatic amines is 1. The van der Waals surface area contributed by atoms with Crippen molar-refractivity contribution >= 4 is 39.0 Å². The molecule has 8 heteroatoms. The highest BCUT2D eigenvalue weighted by Crippen LogP contribution is 2.49. The first kappa shape index (κ1) is 19.3. The van der Waals surface area contributed by atoms with Gasteiger partial charge in [-0.15, -0.1) is 0 Å². The Bertz CT molecular complexity index is 1070. The number of rotatable bonds is 3. The maximum absolute atomic E-state index is 13.5. The maximum atomic E-state index is 13.5. The third kappa shape index (κ3) is 3.51. The summed E-state index contributed by atoms with van der Waals surface area (Å²) in [6.45, 7) is 0. The van der Waals surface area contributed by atoms with E-state index in [-0.39, 0.29) is 10.9 Å². The highest BCUT2D eigenvalue weighted by molar-refractivity contribution is 8.24. The van der Waals surface area contributed by atoms with Crippen LogP contribution in [0.2, 0.25) is 5.02 Å². The highest BCUT2D eigenvalue weighted by Gasteiger charge is 2.27. The minimum atomic E-state index is -2.48. The van der Waals surface area contributed by atoms with Crippen molar-refractivity contribution < 1.29 is 18.3 Å². The average molecular weight is 423 g/mol. The third-order valence-electron chi connectivity index (χ3n) is 5.37. The number of hydrogen-bond acceptors (Lipinski definition) is 3. The van der Waals surface area contributed by atoms with Crippen LogP contribution in [0.4, 0.5) is 4.39 Å². The third-order valence-corrected chi connectivity index (χ3v) is 7.43. The quantitative estimate of drug-likeness (QED) is 0.457. The Morgan fingerprint density at radius 3 is 2.54 bits per heavy atom. The van der Waals surface area contributed by atoms with Crippen LogP contribution in [-0.2, 0) is 0 Å². The van der Waals surface area contributed by atoms with Gasteiger partial charge in [-0.2, -0.15) is 10.6 Å². The van der Waals surface area contributed by atoms with Gasteiger partial charge in [-0.3, -0.25) is 13.9 Å². The van der Waals surface area contributed by atoms with Crippen LogP contribution in [0, 0.1) is 5.82 Å². The molecule has 1 fully saturated rings. The Morgan fingerprint density at radius 2 is 1.89 bits per heavy atom. The molecular weight excluding hydrogens is 403 g/mol. The molecule has 2 aromatic carbocycles. The summed E-state index contributed by atoms with van der Waals surface area (Å²) in [5.74, 6) is -0.168. The lowest BCUT2D eigenvalue weighted by atomic mass is 9.91. The molecule has 1 aliphatic rings. The number of fused-ring (bicyclic) bond motifs is 1. The van der Waals surface area contributed by atoms with E-state index in [9.17, 15) is 18.3 Å². The van der Waals surface area contributed by atoms with E-state index in [0.29, 0.717) is 46.6 Å². The summed E-state index contributed by atoms with van der Waals surface area (Å²) in [5.41, 5.74) is 9.00. The van der Waals surface area contributed by atoms with Gasteiger partial charge in [-0.05, 0) is 59.7 Å². The number of nitrogens with two attached hydrogens (primary N) is 1. The van der Waals surface area contributed by atoms with Crippen LogP contribution in [-0.4, -0.2) is 31.5 Å². The molecule has 2 heterocycles. The van der Waals surface area contributed by atoms with Crippen molar-refractivity contribution in [3.05, 3.63) is 58.5 Å². The van der Waals surface area contributed by atoms with E-state index in [0.717, 1.165) is 10.9 Å². The van der Waals surface area contributed by atoms with E-state index in [1.165, 1.54) is 12.1 Å². The number of amides is 1. The molecule has 5 nitrogen and oxygen atoms in total. The number of halogens is 2. The second-order valence-corrected chi connectivity index (χ2v) is 10.00. The van der Waals surface area contributed by atoms with Gasteiger partial charge in [0.2, 0.25) is 0 Å². The number of carbonyl (C=O) groups excluding carboxylic acids is 1. The lowest BCUT2D eigenvalue weighted by molar-refractivity contribution is 0.100. The number of benzene rings is 2. The second-order valence-electron chi connectivity index (χ2n) is 7.17. The second kappa shape index (κ2) is 7.08. The van der Waals surface area contributed by atoms with E-state index < -0.39 is 22.3 Å². The minimum Gasteiger partial charge on any atom is -0.366 e. The normalized spacial score (nSPS) is 18.3. The molecule has 0 bridgehead atoms. The van der Waals surface area contributed by atoms with Crippen LogP contribution in [0.15, 0.2) is 36.5 Å². The Kier molecular flexibility index (Phi) is 4.87. The zero-order valence-corrected chi connectivity index (χ0v) is 16.5. The predicted molar refractivity (Wildman–Crippen MR) is 112 cm³/mol. The number of hydrogen-bond donors (Lipinski definition) is 4. The molecule has 3 aromatic rings. The summed E-state index contributed by atoms with van der Waals surface area (Å²) in [5, 5.41) is 0.861. The SMILES string of the molecule is NC(=O)c1cc(-c2ccc(F)c(Cl)c2)cc2c(C3CCS(O)(O)CC3)c[nH]c12. The van der Waals surface area contributed by atoms with Crippen molar-refractivity contribution in [2.24, 2.45) is 5.73 Å². The van der Waals surface area contributed by atoms with E-state index >= 15 is 0 Å². The van der Waals surface area contributed by atoms with Gasteiger partial charge < -0.3 is 10.7 Å². The van der Waals surface area contributed by atoms with Crippen molar-refractivity contribution in [2.45, 2.75) is 18.8 Å². The molecule has 0 spiro atoms. The van der Waals surface area contributed by atoms with Crippen LogP contribution >= 0.6 is 22.2 Å². The molecule has 0 saturated carbocycles. The van der Waals surface area contributed by atoms with Crippen molar-refractivity contribution in [1.29, 1.82) is 0 Å². The van der Waals surface area contributed by atoms with Gasteiger partial charge in [-0.25, -0.2) is 4.39 Å². The molecule has 1 aliphatic heterocycles. The van der Waals surface area contributed by atoms with Gasteiger partial charge in [0.15, 0.2) is 0 Å². The van der Waals surface area contributed by atoms with Crippen molar-refractivity contribution in [1.82, 2.24) is 4.98 Å². The summed E-state index contributed by atoms with van der Waals surface area (Å²) >= 11 is 5.93. The van der Waals surface area contributed by atoms with Gasteiger partial charge in [-0.1, -0.05) is 17.7 Å². The Morgan fingerprint density at radius 1 is 1.18 bits per heavy atom. The molecule has 0 atom stereocenters. The van der Waals surface area contributed by atoms with Crippen molar-refractivity contribution in [3.8, 4) is 11.1 Å². The molecule has 1 amide bonds. The summed E-state index contributed by atoms with van der Waals surface area (Å²) in [7, 11) is -2.48.